The average Bonchev–Trinajstić information content (AvgIpc) is 2.80. The molecule has 0 bridgehead atoms. The van der Waals surface area contributed by atoms with E-state index in [1.807, 2.05) is 13.8 Å². The van der Waals surface area contributed by atoms with Crippen molar-refractivity contribution in [1.82, 2.24) is 0 Å². The van der Waals surface area contributed by atoms with Crippen molar-refractivity contribution in [2.75, 3.05) is 6.61 Å². The van der Waals surface area contributed by atoms with Gasteiger partial charge in [0.15, 0.2) is 12.1 Å². The van der Waals surface area contributed by atoms with Crippen LogP contribution < -0.4 is 0 Å². The summed E-state index contributed by atoms with van der Waals surface area (Å²) in [5.41, 5.74) is 0. The number of fused-ring (bicyclic) bond motifs is 3. The van der Waals surface area contributed by atoms with Gasteiger partial charge in [-0.2, -0.15) is 0 Å². The predicted molar refractivity (Wildman–Crippen MR) is 47.6 cm³/mol. The molecule has 4 nitrogen and oxygen atoms in total. The van der Waals surface area contributed by atoms with Crippen LogP contribution in [-0.2, 0) is 18.9 Å². The summed E-state index contributed by atoms with van der Waals surface area (Å²) in [6.07, 6.45) is 0.201. The van der Waals surface area contributed by atoms with Gasteiger partial charge in [-0.1, -0.05) is 6.92 Å². The normalized spacial score (nSPS) is 54.6. The maximum absolute atomic E-state index is 5.86. The van der Waals surface area contributed by atoms with E-state index in [9.17, 15) is 0 Å². The number of rotatable bonds is 0. The molecule has 0 amide bonds. The first-order chi connectivity index (χ1) is 6.57. The first-order valence-electron chi connectivity index (χ1n) is 5.19. The summed E-state index contributed by atoms with van der Waals surface area (Å²) in [5, 5.41) is 0. The zero-order valence-corrected chi connectivity index (χ0v) is 8.73. The zero-order chi connectivity index (χ0) is 9.92. The summed E-state index contributed by atoms with van der Waals surface area (Å²) >= 11 is 0. The van der Waals surface area contributed by atoms with Crippen molar-refractivity contribution >= 4 is 0 Å². The largest absolute Gasteiger partial charge is 0.349 e. The Labute approximate surface area is 83.5 Å². The van der Waals surface area contributed by atoms with E-state index < -0.39 is 5.79 Å². The van der Waals surface area contributed by atoms with E-state index >= 15 is 0 Å². The Hall–Kier alpha value is -0.160. The van der Waals surface area contributed by atoms with Crippen molar-refractivity contribution in [3.63, 3.8) is 0 Å². The molecule has 0 aliphatic carbocycles. The summed E-state index contributed by atoms with van der Waals surface area (Å²) in [5.74, 6) is -0.101. The molecular weight excluding hydrogens is 184 g/mol. The van der Waals surface area contributed by atoms with Crippen LogP contribution in [0.4, 0.5) is 0 Å². The van der Waals surface area contributed by atoms with Crippen molar-refractivity contribution in [2.24, 2.45) is 5.92 Å². The first-order valence-corrected chi connectivity index (χ1v) is 5.19. The van der Waals surface area contributed by atoms with Gasteiger partial charge in [0.2, 0.25) is 0 Å². The molecule has 3 aliphatic rings. The van der Waals surface area contributed by atoms with Crippen LogP contribution in [0.15, 0.2) is 0 Å². The van der Waals surface area contributed by atoms with Gasteiger partial charge in [-0.3, -0.25) is 0 Å². The number of hydrogen-bond donors (Lipinski definition) is 0. The fourth-order valence-corrected chi connectivity index (χ4v) is 2.33. The minimum absolute atomic E-state index is 0.0486. The van der Waals surface area contributed by atoms with Gasteiger partial charge >= 0.3 is 0 Å². The Bertz CT molecular complexity index is 241. The molecule has 3 saturated heterocycles. The maximum Gasteiger partial charge on any atom is 0.187 e. The van der Waals surface area contributed by atoms with Crippen molar-refractivity contribution in [3.8, 4) is 0 Å². The molecule has 80 valence electrons. The fourth-order valence-electron chi connectivity index (χ4n) is 2.33. The molecule has 0 spiro atoms. The second-order valence-electron chi connectivity index (χ2n) is 4.84. The van der Waals surface area contributed by atoms with Crippen molar-refractivity contribution in [1.29, 1.82) is 0 Å². The lowest BCUT2D eigenvalue weighted by molar-refractivity contribution is -0.154. The monoisotopic (exact) mass is 200 g/mol. The number of ether oxygens (including phenoxy) is 4. The molecule has 0 radical (unpaired) electrons. The highest BCUT2D eigenvalue weighted by atomic mass is 16.8. The molecule has 1 unspecified atom stereocenters. The van der Waals surface area contributed by atoms with E-state index in [-0.39, 0.29) is 24.6 Å². The van der Waals surface area contributed by atoms with Gasteiger partial charge in [-0.05, 0) is 13.8 Å². The van der Waals surface area contributed by atoms with Crippen LogP contribution in [0.5, 0.6) is 0 Å². The van der Waals surface area contributed by atoms with Crippen LogP contribution in [0, 0.1) is 5.92 Å². The second kappa shape index (κ2) is 2.70. The Balaban J connectivity index is 1.84. The lowest BCUT2D eigenvalue weighted by atomic mass is 10.00. The molecule has 0 saturated carbocycles. The Kier molecular flexibility index (Phi) is 1.75. The van der Waals surface area contributed by atoms with Gasteiger partial charge in [0.25, 0.3) is 0 Å². The van der Waals surface area contributed by atoms with Gasteiger partial charge in [-0.15, -0.1) is 0 Å². The third-order valence-electron chi connectivity index (χ3n) is 3.05. The van der Waals surface area contributed by atoms with Gasteiger partial charge in [-0.25, -0.2) is 0 Å². The quantitative estimate of drug-likeness (QED) is 0.545. The summed E-state index contributed by atoms with van der Waals surface area (Å²) in [6.45, 7) is 6.73. The molecule has 4 heteroatoms. The number of hydrogen-bond acceptors (Lipinski definition) is 4. The standard InChI is InChI=1S/C10H16O4/c1-5-4-11-9-8(12-9)7-6(5)13-10(2,3)14-7/h5-9H,4H2,1-3H3/t5-,6-,7?,8-,9-/m1/s1. The third-order valence-corrected chi connectivity index (χ3v) is 3.05. The molecule has 14 heavy (non-hydrogen) atoms. The van der Waals surface area contributed by atoms with E-state index in [1.54, 1.807) is 0 Å². The summed E-state index contributed by atoms with van der Waals surface area (Å²) in [7, 11) is 0. The first kappa shape index (κ1) is 9.09. The summed E-state index contributed by atoms with van der Waals surface area (Å²) in [4.78, 5) is 0. The van der Waals surface area contributed by atoms with Crippen molar-refractivity contribution in [2.45, 2.75) is 51.2 Å². The van der Waals surface area contributed by atoms with E-state index in [0.29, 0.717) is 12.5 Å². The van der Waals surface area contributed by atoms with E-state index in [4.69, 9.17) is 18.9 Å². The zero-order valence-electron chi connectivity index (χ0n) is 8.73. The van der Waals surface area contributed by atoms with E-state index in [0.717, 1.165) is 0 Å². The minimum Gasteiger partial charge on any atom is -0.349 e. The summed E-state index contributed by atoms with van der Waals surface area (Å²) in [6, 6.07) is 0. The molecular formula is C10H16O4. The topological polar surface area (TPSA) is 40.2 Å². The molecule has 3 aliphatic heterocycles. The molecule has 5 atom stereocenters. The van der Waals surface area contributed by atoms with E-state index in [2.05, 4.69) is 6.92 Å². The lowest BCUT2D eigenvalue weighted by Gasteiger charge is -2.20. The predicted octanol–water partition coefficient (Wildman–Crippen LogP) is 0.898. The molecule has 0 aromatic heterocycles. The molecule has 0 aromatic rings. The highest BCUT2D eigenvalue weighted by Gasteiger charge is 2.59. The van der Waals surface area contributed by atoms with Crippen molar-refractivity contribution < 1.29 is 18.9 Å². The maximum atomic E-state index is 5.86. The smallest absolute Gasteiger partial charge is 0.187 e. The van der Waals surface area contributed by atoms with Crippen LogP contribution in [-0.4, -0.2) is 37.0 Å². The highest BCUT2D eigenvalue weighted by molar-refractivity contribution is 4.99. The van der Waals surface area contributed by atoms with Gasteiger partial charge in [0.1, 0.15) is 12.2 Å². The highest BCUT2D eigenvalue weighted by Crippen LogP contribution is 2.43. The molecule has 3 heterocycles. The number of epoxide rings is 1. The average molecular weight is 200 g/mol. The molecule has 3 rings (SSSR count). The van der Waals surface area contributed by atoms with Crippen LogP contribution in [0.1, 0.15) is 20.8 Å². The second-order valence-corrected chi connectivity index (χ2v) is 4.84. The minimum atomic E-state index is -0.475. The van der Waals surface area contributed by atoms with Crippen LogP contribution in [0.25, 0.3) is 0 Å². The van der Waals surface area contributed by atoms with Crippen LogP contribution in [0.3, 0.4) is 0 Å². The summed E-state index contributed by atoms with van der Waals surface area (Å²) < 4.78 is 22.6. The SMILES string of the molecule is C[C@@H]1CO[C@@H]2O[C@@H]2C2OC(C)(C)O[C@@H]21. The van der Waals surface area contributed by atoms with Gasteiger partial charge < -0.3 is 18.9 Å². The molecule has 3 fully saturated rings. The van der Waals surface area contributed by atoms with Crippen molar-refractivity contribution in [3.05, 3.63) is 0 Å². The fraction of sp³-hybridized carbons (Fsp3) is 1.00. The Morgan fingerprint density at radius 3 is 2.57 bits per heavy atom. The molecule has 0 N–H and O–H groups in total. The lowest BCUT2D eigenvalue weighted by Crippen LogP contribution is -2.33. The molecule has 0 aromatic carbocycles. The van der Waals surface area contributed by atoms with Gasteiger partial charge in [0.05, 0.1) is 12.7 Å². The van der Waals surface area contributed by atoms with Gasteiger partial charge in [0, 0.05) is 5.92 Å². The third kappa shape index (κ3) is 1.29. The Morgan fingerprint density at radius 2 is 1.79 bits per heavy atom. The Morgan fingerprint density at radius 1 is 1.07 bits per heavy atom. The van der Waals surface area contributed by atoms with E-state index in [1.165, 1.54) is 0 Å². The van der Waals surface area contributed by atoms with Crippen LogP contribution >= 0.6 is 0 Å². The van der Waals surface area contributed by atoms with Crippen LogP contribution in [0.2, 0.25) is 0 Å².